The molecule has 1 aliphatic heterocycles. The van der Waals surface area contributed by atoms with Gasteiger partial charge in [-0.05, 0) is 50.4 Å². The van der Waals surface area contributed by atoms with Crippen molar-refractivity contribution >= 4 is 5.97 Å². The standard InChI is InChI=1S/C22H34O6/c1-10-7-11(2)21(13(4)23)28-22(27)17(25)9-14-5-6-15-8-16(24)12(3)20(26)19(15)18(10)14/h5-7,11-21,23-26H,8-9H2,1-4H3/t11-,12+,13-,14-,15+,16+,17+,18?,19-,20-,21+/m1/s1. The van der Waals surface area contributed by atoms with Crippen LogP contribution in [0.2, 0.25) is 0 Å². The normalized spacial score (nSPS) is 48.0. The molecule has 6 nitrogen and oxygen atoms in total. The summed E-state index contributed by atoms with van der Waals surface area (Å²) in [6, 6.07) is 0. The van der Waals surface area contributed by atoms with E-state index in [1.165, 1.54) is 0 Å². The first-order valence-corrected chi connectivity index (χ1v) is 10.4. The van der Waals surface area contributed by atoms with Crippen LogP contribution in [-0.2, 0) is 9.53 Å². The third kappa shape index (κ3) is 3.92. The van der Waals surface area contributed by atoms with Crippen molar-refractivity contribution in [3.63, 3.8) is 0 Å². The number of fused-ring (bicyclic) bond motifs is 3. The third-order valence-electron chi connectivity index (χ3n) is 7.09. The van der Waals surface area contributed by atoms with Crippen molar-refractivity contribution in [2.45, 2.75) is 71.1 Å². The lowest BCUT2D eigenvalue weighted by Gasteiger charge is -2.49. The number of cyclic esters (lactones) is 1. The molecule has 0 bridgehead atoms. The number of hydrogen-bond donors (Lipinski definition) is 4. The fourth-order valence-electron chi connectivity index (χ4n) is 5.56. The molecule has 2 aliphatic carbocycles. The lowest BCUT2D eigenvalue weighted by atomic mass is 9.58. The van der Waals surface area contributed by atoms with Gasteiger partial charge in [-0.3, -0.25) is 0 Å². The largest absolute Gasteiger partial charge is 0.457 e. The molecular weight excluding hydrogens is 360 g/mol. The van der Waals surface area contributed by atoms with Crippen molar-refractivity contribution < 1.29 is 30.0 Å². The van der Waals surface area contributed by atoms with E-state index in [1.807, 2.05) is 39.0 Å². The van der Waals surface area contributed by atoms with Crippen LogP contribution in [0.15, 0.2) is 23.8 Å². The van der Waals surface area contributed by atoms with Crippen LogP contribution in [0.3, 0.4) is 0 Å². The minimum absolute atomic E-state index is 0.0439. The van der Waals surface area contributed by atoms with E-state index in [0.717, 1.165) is 5.57 Å². The second kappa shape index (κ2) is 8.27. The maximum atomic E-state index is 12.4. The van der Waals surface area contributed by atoms with Gasteiger partial charge >= 0.3 is 5.97 Å². The molecule has 3 aliphatic rings. The zero-order valence-electron chi connectivity index (χ0n) is 17.1. The Hall–Kier alpha value is -1.21. The Morgan fingerprint density at radius 3 is 2.39 bits per heavy atom. The highest BCUT2D eigenvalue weighted by Gasteiger charge is 2.49. The van der Waals surface area contributed by atoms with E-state index in [1.54, 1.807) is 6.92 Å². The average Bonchev–Trinajstić information content (AvgIpc) is 2.62. The molecule has 158 valence electrons. The molecule has 0 saturated heterocycles. The van der Waals surface area contributed by atoms with Crippen LogP contribution in [0.25, 0.3) is 0 Å². The van der Waals surface area contributed by atoms with Gasteiger partial charge in [-0.25, -0.2) is 4.79 Å². The predicted molar refractivity (Wildman–Crippen MR) is 104 cm³/mol. The molecule has 3 rings (SSSR count). The Morgan fingerprint density at radius 1 is 1.11 bits per heavy atom. The fourth-order valence-corrected chi connectivity index (χ4v) is 5.56. The van der Waals surface area contributed by atoms with E-state index in [0.29, 0.717) is 6.42 Å². The summed E-state index contributed by atoms with van der Waals surface area (Å²) in [5.41, 5.74) is 1.07. The number of allylic oxidation sites excluding steroid dienone is 3. The van der Waals surface area contributed by atoms with E-state index in [9.17, 15) is 25.2 Å². The highest BCUT2D eigenvalue weighted by Crippen LogP contribution is 2.49. The monoisotopic (exact) mass is 394 g/mol. The fraction of sp³-hybridized carbons (Fsp3) is 0.773. The predicted octanol–water partition coefficient (Wildman–Crippen LogP) is 1.42. The Balaban J connectivity index is 2.03. The second-order valence-electron chi connectivity index (χ2n) is 9.13. The molecule has 1 saturated carbocycles. The van der Waals surface area contributed by atoms with Gasteiger partial charge in [0.05, 0.1) is 18.3 Å². The van der Waals surface area contributed by atoms with Gasteiger partial charge in [0.1, 0.15) is 6.10 Å². The zero-order valence-corrected chi connectivity index (χ0v) is 17.1. The van der Waals surface area contributed by atoms with Crippen LogP contribution >= 0.6 is 0 Å². The van der Waals surface area contributed by atoms with Gasteiger partial charge in [-0.2, -0.15) is 0 Å². The van der Waals surface area contributed by atoms with Gasteiger partial charge in [0, 0.05) is 11.8 Å². The minimum atomic E-state index is -1.28. The number of carbonyl (C=O) groups excluding carboxylic acids is 1. The van der Waals surface area contributed by atoms with E-state index in [4.69, 9.17) is 4.74 Å². The number of esters is 1. The average molecular weight is 395 g/mol. The molecule has 0 aromatic heterocycles. The molecular formula is C22H34O6. The van der Waals surface area contributed by atoms with Crippen LogP contribution in [0.4, 0.5) is 0 Å². The number of hydrogen-bond acceptors (Lipinski definition) is 6. The van der Waals surface area contributed by atoms with Gasteiger partial charge in [0.2, 0.25) is 0 Å². The van der Waals surface area contributed by atoms with Crippen LogP contribution in [-0.4, -0.2) is 56.9 Å². The van der Waals surface area contributed by atoms with Crippen molar-refractivity contribution in [1.29, 1.82) is 0 Å². The van der Waals surface area contributed by atoms with Crippen LogP contribution < -0.4 is 0 Å². The lowest BCUT2D eigenvalue weighted by molar-refractivity contribution is -0.168. The Kier molecular flexibility index (Phi) is 6.35. The highest BCUT2D eigenvalue weighted by atomic mass is 16.6. The number of aliphatic hydroxyl groups excluding tert-OH is 4. The van der Waals surface area contributed by atoms with Crippen molar-refractivity contribution in [3.05, 3.63) is 23.8 Å². The number of rotatable bonds is 1. The van der Waals surface area contributed by atoms with Gasteiger partial charge < -0.3 is 25.2 Å². The molecule has 4 N–H and O–H groups in total. The van der Waals surface area contributed by atoms with E-state index in [2.05, 4.69) is 0 Å². The Morgan fingerprint density at radius 2 is 1.75 bits per heavy atom. The quantitative estimate of drug-likeness (QED) is 0.396. The Bertz CT molecular complexity index is 641. The maximum absolute atomic E-state index is 12.4. The molecule has 0 spiro atoms. The third-order valence-corrected chi connectivity index (χ3v) is 7.09. The number of aliphatic hydroxyl groups is 4. The summed E-state index contributed by atoms with van der Waals surface area (Å²) in [5.74, 6) is -1.35. The van der Waals surface area contributed by atoms with Crippen LogP contribution in [0, 0.1) is 35.5 Å². The SMILES string of the molecule is CC1=C[C@@H](C)[C@@H]([C@@H](C)O)OC(=O)[C@@H](O)C[C@H]2C=C[C@H]3C[C@H](O)[C@H](C)[C@@H](O)[C@H]3C12. The summed E-state index contributed by atoms with van der Waals surface area (Å²) >= 11 is 0. The summed E-state index contributed by atoms with van der Waals surface area (Å²) in [6.45, 7) is 7.35. The number of carbonyl (C=O) groups is 1. The smallest absolute Gasteiger partial charge is 0.335 e. The maximum Gasteiger partial charge on any atom is 0.335 e. The molecule has 6 heteroatoms. The molecule has 0 amide bonds. The van der Waals surface area contributed by atoms with E-state index < -0.39 is 36.5 Å². The summed E-state index contributed by atoms with van der Waals surface area (Å²) in [4.78, 5) is 12.4. The molecule has 0 aromatic rings. The molecule has 1 unspecified atom stereocenters. The lowest BCUT2D eigenvalue weighted by Crippen LogP contribution is -2.51. The van der Waals surface area contributed by atoms with Crippen molar-refractivity contribution in [2.24, 2.45) is 35.5 Å². The van der Waals surface area contributed by atoms with E-state index in [-0.39, 0.29) is 41.9 Å². The first-order valence-electron chi connectivity index (χ1n) is 10.4. The second-order valence-corrected chi connectivity index (χ2v) is 9.13. The van der Waals surface area contributed by atoms with Crippen LogP contribution in [0.1, 0.15) is 40.5 Å². The van der Waals surface area contributed by atoms with Gasteiger partial charge in [-0.1, -0.05) is 37.6 Å². The molecule has 0 radical (unpaired) electrons. The van der Waals surface area contributed by atoms with Crippen molar-refractivity contribution in [2.75, 3.05) is 0 Å². The molecule has 11 atom stereocenters. The van der Waals surface area contributed by atoms with Gasteiger partial charge in [-0.15, -0.1) is 0 Å². The van der Waals surface area contributed by atoms with Gasteiger partial charge in [0.25, 0.3) is 0 Å². The molecule has 1 heterocycles. The van der Waals surface area contributed by atoms with E-state index >= 15 is 0 Å². The Labute approximate surface area is 166 Å². The highest BCUT2D eigenvalue weighted by molar-refractivity contribution is 5.74. The molecule has 0 aromatic carbocycles. The van der Waals surface area contributed by atoms with Gasteiger partial charge in [0.15, 0.2) is 6.10 Å². The minimum Gasteiger partial charge on any atom is -0.457 e. The molecule has 1 fully saturated rings. The number of ether oxygens (including phenoxy) is 1. The van der Waals surface area contributed by atoms with Crippen molar-refractivity contribution in [3.8, 4) is 0 Å². The summed E-state index contributed by atoms with van der Waals surface area (Å²) in [6.07, 6.45) is 2.81. The summed E-state index contributed by atoms with van der Waals surface area (Å²) < 4.78 is 5.41. The topological polar surface area (TPSA) is 107 Å². The van der Waals surface area contributed by atoms with Crippen LogP contribution in [0.5, 0.6) is 0 Å². The molecule has 28 heavy (non-hydrogen) atoms. The summed E-state index contributed by atoms with van der Waals surface area (Å²) in [5, 5.41) is 41.8. The first-order chi connectivity index (χ1) is 13.1. The first kappa shape index (κ1) is 21.5. The summed E-state index contributed by atoms with van der Waals surface area (Å²) in [7, 11) is 0. The van der Waals surface area contributed by atoms with Crippen molar-refractivity contribution in [1.82, 2.24) is 0 Å². The zero-order chi connectivity index (χ0) is 20.7.